The van der Waals surface area contributed by atoms with E-state index in [2.05, 4.69) is 10.6 Å². The van der Waals surface area contributed by atoms with E-state index in [1.165, 1.54) is 6.92 Å². The van der Waals surface area contributed by atoms with Crippen molar-refractivity contribution in [2.45, 2.75) is 98.7 Å². The van der Waals surface area contributed by atoms with E-state index in [1.54, 1.807) is 7.05 Å². The summed E-state index contributed by atoms with van der Waals surface area (Å²) in [6, 6.07) is -3.31. The molecule has 33 heavy (non-hydrogen) atoms. The zero-order valence-corrected chi connectivity index (χ0v) is 19.4. The summed E-state index contributed by atoms with van der Waals surface area (Å²) in [5.74, 6) is 0. The van der Waals surface area contributed by atoms with Crippen LogP contribution < -0.4 is 27.8 Å². The molecule has 1 saturated carbocycles. The molecule has 13 atom stereocenters. The molecule has 13 heteroatoms. The Hall–Kier alpha value is -0.520. The van der Waals surface area contributed by atoms with E-state index in [0.717, 1.165) is 6.42 Å². The third-order valence-electron chi connectivity index (χ3n) is 6.87. The molecule has 2 aliphatic heterocycles. The van der Waals surface area contributed by atoms with Crippen LogP contribution in [-0.4, -0.2) is 127 Å². The molecule has 13 unspecified atom stereocenters. The standard InChI is InChI=1S/C20H41N5O8/c1-20(29)7-30-19(14(28)17(20)25-3)33-16-11(23)12(26)10(22)15(13(16)27)32-18-9(21)5-4-8(31-18)6-24-2/h8-19,24-29H,4-7,21-23H2,1-3H3. The van der Waals surface area contributed by atoms with E-state index < -0.39 is 72.9 Å². The van der Waals surface area contributed by atoms with Crippen molar-refractivity contribution in [2.75, 3.05) is 27.2 Å². The van der Waals surface area contributed by atoms with Gasteiger partial charge in [-0.1, -0.05) is 0 Å². The Bertz CT molecular complexity index is 633. The second-order valence-electron chi connectivity index (χ2n) is 9.56. The summed E-state index contributed by atoms with van der Waals surface area (Å²) >= 11 is 0. The summed E-state index contributed by atoms with van der Waals surface area (Å²) in [6.45, 7) is 2.01. The minimum Gasteiger partial charge on any atom is -0.390 e. The lowest BCUT2D eigenvalue weighted by atomic mass is 9.81. The minimum atomic E-state index is -1.37. The number of nitrogens with one attached hydrogen (secondary N) is 2. The van der Waals surface area contributed by atoms with Gasteiger partial charge in [-0.3, -0.25) is 0 Å². The van der Waals surface area contributed by atoms with E-state index in [9.17, 15) is 20.4 Å². The topological polar surface area (TPSA) is 220 Å². The first-order chi connectivity index (χ1) is 15.5. The quantitative estimate of drug-likeness (QED) is 0.168. The van der Waals surface area contributed by atoms with Gasteiger partial charge in [-0.15, -0.1) is 0 Å². The second kappa shape index (κ2) is 11.0. The van der Waals surface area contributed by atoms with Crippen molar-refractivity contribution < 1.29 is 39.4 Å². The molecule has 0 aromatic rings. The zero-order valence-electron chi connectivity index (χ0n) is 19.4. The highest BCUT2D eigenvalue weighted by atomic mass is 16.7. The van der Waals surface area contributed by atoms with Crippen molar-refractivity contribution >= 4 is 0 Å². The van der Waals surface area contributed by atoms with Gasteiger partial charge in [0.1, 0.15) is 30.0 Å². The molecule has 3 fully saturated rings. The van der Waals surface area contributed by atoms with Gasteiger partial charge in [-0.05, 0) is 33.9 Å². The normalized spacial score (nSPS) is 51.5. The van der Waals surface area contributed by atoms with Crippen molar-refractivity contribution in [1.29, 1.82) is 0 Å². The van der Waals surface area contributed by atoms with E-state index in [1.807, 2.05) is 7.05 Å². The zero-order chi connectivity index (χ0) is 24.5. The molecule has 13 nitrogen and oxygen atoms in total. The molecule has 0 amide bonds. The molecule has 0 radical (unpaired) electrons. The first-order valence-corrected chi connectivity index (χ1v) is 11.4. The van der Waals surface area contributed by atoms with Gasteiger partial charge < -0.3 is 67.2 Å². The maximum absolute atomic E-state index is 11.1. The average Bonchev–Trinajstić information content (AvgIpc) is 2.76. The van der Waals surface area contributed by atoms with Crippen LogP contribution in [0.5, 0.6) is 0 Å². The Balaban J connectivity index is 1.73. The molecular weight excluding hydrogens is 438 g/mol. The maximum atomic E-state index is 11.1. The molecule has 194 valence electrons. The van der Waals surface area contributed by atoms with Crippen LogP contribution in [0.2, 0.25) is 0 Å². The monoisotopic (exact) mass is 479 g/mol. The van der Waals surface area contributed by atoms with Crippen molar-refractivity contribution in [3.8, 4) is 0 Å². The largest absolute Gasteiger partial charge is 0.390 e. The minimum absolute atomic E-state index is 0.118. The van der Waals surface area contributed by atoms with Crippen LogP contribution in [0.1, 0.15) is 19.8 Å². The molecule has 2 heterocycles. The van der Waals surface area contributed by atoms with Gasteiger partial charge in [-0.2, -0.15) is 0 Å². The van der Waals surface area contributed by atoms with E-state index in [-0.39, 0.29) is 12.7 Å². The summed E-state index contributed by atoms with van der Waals surface area (Å²) in [6.07, 6.45) is -6.97. The number of aliphatic hydroxyl groups is 4. The van der Waals surface area contributed by atoms with Crippen molar-refractivity contribution in [3.63, 3.8) is 0 Å². The van der Waals surface area contributed by atoms with E-state index in [0.29, 0.717) is 13.0 Å². The fraction of sp³-hybridized carbons (Fsp3) is 1.00. The number of hydrogen-bond donors (Lipinski definition) is 9. The molecule has 0 spiro atoms. The number of likely N-dealkylation sites (N-methyl/N-ethyl adjacent to an activating group) is 2. The number of ether oxygens (including phenoxy) is 4. The van der Waals surface area contributed by atoms with Crippen LogP contribution in [0.3, 0.4) is 0 Å². The van der Waals surface area contributed by atoms with Gasteiger partial charge in [0.2, 0.25) is 0 Å². The van der Waals surface area contributed by atoms with Gasteiger partial charge in [-0.25, -0.2) is 0 Å². The molecule has 1 aliphatic carbocycles. The molecule has 12 N–H and O–H groups in total. The first-order valence-electron chi connectivity index (χ1n) is 11.4. The number of rotatable bonds is 7. The summed E-state index contributed by atoms with van der Waals surface area (Å²) in [5, 5.41) is 48.7. The lowest BCUT2D eigenvalue weighted by molar-refractivity contribution is -0.312. The van der Waals surface area contributed by atoms with E-state index >= 15 is 0 Å². The highest BCUT2D eigenvalue weighted by Crippen LogP contribution is 2.31. The lowest BCUT2D eigenvalue weighted by Crippen LogP contribution is -2.72. The molecule has 0 aromatic carbocycles. The predicted octanol–water partition coefficient (Wildman–Crippen LogP) is -4.75. The maximum Gasteiger partial charge on any atom is 0.185 e. The molecule has 3 rings (SSSR count). The predicted molar refractivity (Wildman–Crippen MR) is 117 cm³/mol. The summed E-state index contributed by atoms with van der Waals surface area (Å²) in [7, 11) is 3.40. The lowest BCUT2D eigenvalue weighted by Gasteiger charge is -2.49. The SMILES string of the molecule is CNCC1CCC(N)C(OC2C(N)C(O)C(N)C(OC3OCC(C)(O)C(NC)C3O)C2O)O1. The van der Waals surface area contributed by atoms with Crippen LogP contribution in [0.4, 0.5) is 0 Å². The molecule has 3 aliphatic rings. The van der Waals surface area contributed by atoms with Gasteiger partial charge in [0.05, 0.1) is 43.0 Å². The van der Waals surface area contributed by atoms with Crippen LogP contribution in [0.15, 0.2) is 0 Å². The Labute approximate surface area is 193 Å². The van der Waals surface area contributed by atoms with Crippen molar-refractivity contribution in [1.82, 2.24) is 10.6 Å². The Kier molecular flexibility index (Phi) is 9.05. The Morgan fingerprint density at radius 1 is 0.939 bits per heavy atom. The third-order valence-corrected chi connectivity index (χ3v) is 6.87. The molecular formula is C20H41N5O8. The summed E-state index contributed by atoms with van der Waals surface area (Å²) < 4.78 is 23.3. The first kappa shape index (κ1) is 27.1. The molecule has 0 bridgehead atoms. The third kappa shape index (κ3) is 5.67. The fourth-order valence-corrected chi connectivity index (χ4v) is 4.89. The number of nitrogens with two attached hydrogens (primary N) is 3. The smallest absolute Gasteiger partial charge is 0.185 e. The molecule has 2 saturated heterocycles. The van der Waals surface area contributed by atoms with Gasteiger partial charge >= 0.3 is 0 Å². The number of aliphatic hydroxyl groups excluding tert-OH is 3. The van der Waals surface area contributed by atoms with E-state index in [4.69, 9.17) is 36.1 Å². The van der Waals surface area contributed by atoms with Crippen LogP contribution in [-0.2, 0) is 18.9 Å². The summed E-state index contributed by atoms with van der Waals surface area (Å²) in [4.78, 5) is 0. The highest BCUT2D eigenvalue weighted by Gasteiger charge is 2.53. The van der Waals surface area contributed by atoms with Crippen molar-refractivity contribution in [2.24, 2.45) is 17.2 Å². The fourth-order valence-electron chi connectivity index (χ4n) is 4.89. The van der Waals surface area contributed by atoms with Crippen LogP contribution in [0.25, 0.3) is 0 Å². The van der Waals surface area contributed by atoms with Crippen LogP contribution >= 0.6 is 0 Å². The van der Waals surface area contributed by atoms with Gasteiger partial charge in [0, 0.05) is 6.54 Å². The van der Waals surface area contributed by atoms with Gasteiger partial charge in [0.15, 0.2) is 12.6 Å². The van der Waals surface area contributed by atoms with Crippen molar-refractivity contribution in [3.05, 3.63) is 0 Å². The second-order valence-corrected chi connectivity index (χ2v) is 9.56. The highest BCUT2D eigenvalue weighted by molar-refractivity contribution is 5.06. The molecule has 0 aromatic heterocycles. The Morgan fingerprint density at radius 3 is 2.12 bits per heavy atom. The summed E-state index contributed by atoms with van der Waals surface area (Å²) in [5.41, 5.74) is 17.1. The Morgan fingerprint density at radius 2 is 1.55 bits per heavy atom. The van der Waals surface area contributed by atoms with Gasteiger partial charge in [0.25, 0.3) is 0 Å². The van der Waals surface area contributed by atoms with Crippen LogP contribution in [0, 0.1) is 0 Å². The number of hydrogen-bond acceptors (Lipinski definition) is 13. The average molecular weight is 480 g/mol.